The fourth-order valence-corrected chi connectivity index (χ4v) is 3.99. The molecular weight excluding hydrogens is 292 g/mol. The molecule has 7 nitrogen and oxygen atoms in total. The quantitative estimate of drug-likeness (QED) is 0.855. The van der Waals surface area contributed by atoms with E-state index in [1.807, 2.05) is 24.8 Å². The number of nitrogens with zero attached hydrogens (tertiary/aromatic N) is 3. The van der Waals surface area contributed by atoms with E-state index in [-0.39, 0.29) is 17.5 Å². The largest absolute Gasteiger partial charge is 0.377 e. The van der Waals surface area contributed by atoms with Crippen LogP contribution in [0.3, 0.4) is 0 Å². The summed E-state index contributed by atoms with van der Waals surface area (Å²) in [5.41, 5.74) is 0. The number of anilines is 2. The number of hydrogen-bond acceptors (Lipinski definition) is 7. The maximum atomic E-state index is 11.7. The zero-order valence-electron chi connectivity index (χ0n) is 12.7. The second-order valence-corrected chi connectivity index (χ2v) is 7.38. The van der Waals surface area contributed by atoms with Crippen molar-refractivity contribution in [2.24, 2.45) is 0 Å². The van der Waals surface area contributed by atoms with E-state index in [1.165, 1.54) is 0 Å². The maximum absolute atomic E-state index is 11.7. The molecule has 1 unspecified atom stereocenters. The molecule has 1 saturated heterocycles. The van der Waals surface area contributed by atoms with Gasteiger partial charge < -0.3 is 15.0 Å². The van der Waals surface area contributed by atoms with Gasteiger partial charge in [0.2, 0.25) is 0 Å². The predicted octanol–water partition coefficient (Wildman–Crippen LogP) is 0.678. The first-order chi connectivity index (χ1) is 9.95. The smallest absolute Gasteiger partial charge is 0.158 e. The highest BCUT2D eigenvalue weighted by atomic mass is 32.2. The van der Waals surface area contributed by atoms with Crippen molar-refractivity contribution in [1.29, 1.82) is 0 Å². The molecule has 8 heteroatoms. The van der Waals surface area contributed by atoms with Crippen LogP contribution in [0.2, 0.25) is 0 Å². The van der Waals surface area contributed by atoms with Gasteiger partial charge in [0, 0.05) is 32.3 Å². The summed E-state index contributed by atoms with van der Waals surface area (Å²) in [6.07, 6.45) is 0. The standard InChI is InChI=1S/C13H22N4O3S/c1-4-14-11-7-13(16-12(15-11)8-20-3)17-5-6-21(18,19)9-10(17)2/h7,10H,4-6,8-9H2,1-3H3,(H,14,15,16). The Bertz CT molecular complexity index is 567. The number of nitrogens with one attached hydrogen (secondary N) is 1. The first kappa shape index (κ1) is 16.0. The van der Waals surface area contributed by atoms with Gasteiger partial charge in [-0.05, 0) is 13.8 Å². The second kappa shape index (κ2) is 6.57. The Hall–Kier alpha value is -1.41. The van der Waals surface area contributed by atoms with Crippen LogP contribution in [0.25, 0.3) is 0 Å². The first-order valence-corrected chi connectivity index (χ1v) is 8.85. The Morgan fingerprint density at radius 1 is 1.48 bits per heavy atom. The molecule has 0 aliphatic carbocycles. The highest BCUT2D eigenvalue weighted by Crippen LogP contribution is 2.22. The SMILES string of the molecule is CCNc1cc(N2CCS(=O)(=O)CC2C)nc(COC)n1. The van der Waals surface area contributed by atoms with Crippen molar-refractivity contribution in [1.82, 2.24) is 9.97 Å². The van der Waals surface area contributed by atoms with E-state index in [1.54, 1.807) is 7.11 Å². The van der Waals surface area contributed by atoms with E-state index in [2.05, 4.69) is 15.3 Å². The van der Waals surface area contributed by atoms with Crippen molar-refractivity contribution in [3.05, 3.63) is 11.9 Å². The molecule has 21 heavy (non-hydrogen) atoms. The highest BCUT2D eigenvalue weighted by Gasteiger charge is 2.29. The number of hydrogen-bond donors (Lipinski definition) is 1. The molecule has 0 radical (unpaired) electrons. The summed E-state index contributed by atoms with van der Waals surface area (Å²) in [5, 5.41) is 3.17. The van der Waals surface area contributed by atoms with E-state index < -0.39 is 9.84 Å². The van der Waals surface area contributed by atoms with E-state index in [0.29, 0.717) is 19.0 Å². The summed E-state index contributed by atoms with van der Waals surface area (Å²) in [7, 11) is -1.34. The minimum absolute atomic E-state index is 0.0940. The van der Waals surface area contributed by atoms with Crippen LogP contribution in [0.4, 0.5) is 11.6 Å². The summed E-state index contributed by atoms with van der Waals surface area (Å²) in [6.45, 7) is 5.44. The minimum Gasteiger partial charge on any atom is -0.377 e. The van der Waals surface area contributed by atoms with E-state index in [9.17, 15) is 8.42 Å². The summed E-state index contributed by atoms with van der Waals surface area (Å²) in [6, 6.07) is 1.76. The average molecular weight is 314 g/mol. The van der Waals surface area contributed by atoms with Gasteiger partial charge in [0.15, 0.2) is 15.7 Å². The van der Waals surface area contributed by atoms with Crippen molar-refractivity contribution in [3.8, 4) is 0 Å². The van der Waals surface area contributed by atoms with Crippen molar-refractivity contribution in [2.75, 3.05) is 41.9 Å². The summed E-state index contributed by atoms with van der Waals surface area (Å²) >= 11 is 0. The van der Waals surface area contributed by atoms with E-state index in [0.717, 1.165) is 18.2 Å². The molecule has 2 rings (SSSR count). The van der Waals surface area contributed by atoms with Gasteiger partial charge >= 0.3 is 0 Å². The third-order valence-corrected chi connectivity index (χ3v) is 5.15. The molecular formula is C13H22N4O3S. The van der Waals surface area contributed by atoms with Crippen LogP contribution >= 0.6 is 0 Å². The summed E-state index contributed by atoms with van der Waals surface area (Å²) in [5.74, 6) is 2.39. The molecule has 0 saturated carbocycles. The molecule has 1 aliphatic heterocycles. The predicted molar refractivity (Wildman–Crippen MR) is 82.4 cm³/mol. The van der Waals surface area contributed by atoms with Crippen molar-refractivity contribution in [3.63, 3.8) is 0 Å². The Kier molecular flexibility index (Phi) is 5.00. The topological polar surface area (TPSA) is 84.4 Å². The van der Waals surface area contributed by atoms with E-state index in [4.69, 9.17) is 4.74 Å². The Labute approximate surface area is 125 Å². The fourth-order valence-electron chi connectivity index (χ4n) is 2.43. The lowest BCUT2D eigenvalue weighted by atomic mass is 10.3. The molecule has 1 aromatic rings. The van der Waals surface area contributed by atoms with Crippen molar-refractivity contribution >= 4 is 21.5 Å². The minimum atomic E-state index is -2.94. The summed E-state index contributed by atoms with van der Waals surface area (Å²) in [4.78, 5) is 10.9. The Balaban J connectivity index is 2.29. The Morgan fingerprint density at radius 2 is 2.24 bits per heavy atom. The molecule has 118 valence electrons. The Morgan fingerprint density at radius 3 is 2.86 bits per heavy atom. The first-order valence-electron chi connectivity index (χ1n) is 7.03. The molecule has 0 spiro atoms. The average Bonchev–Trinajstić information content (AvgIpc) is 2.38. The lowest BCUT2D eigenvalue weighted by Gasteiger charge is -2.34. The van der Waals surface area contributed by atoms with Gasteiger partial charge in [-0.25, -0.2) is 18.4 Å². The number of sulfone groups is 1. The lowest BCUT2D eigenvalue weighted by molar-refractivity contribution is 0.178. The van der Waals surface area contributed by atoms with Crippen molar-refractivity contribution < 1.29 is 13.2 Å². The molecule has 0 amide bonds. The van der Waals surface area contributed by atoms with Crippen LogP contribution in [0, 0.1) is 0 Å². The van der Waals surface area contributed by atoms with Gasteiger partial charge in [-0.3, -0.25) is 0 Å². The molecule has 0 bridgehead atoms. The zero-order valence-corrected chi connectivity index (χ0v) is 13.5. The molecule has 2 heterocycles. The molecule has 1 atom stereocenters. The van der Waals surface area contributed by atoms with Gasteiger partial charge in [-0.15, -0.1) is 0 Å². The highest BCUT2D eigenvalue weighted by molar-refractivity contribution is 7.91. The number of methoxy groups -OCH3 is 1. The lowest BCUT2D eigenvalue weighted by Crippen LogP contribution is -2.47. The van der Waals surface area contributed by atoms with Crippen LogP contribution in [0.1, 0.15) is 19.7 Å². The van der Waals surface area contributed by atoms with Gasteiger partial charge in [-0.2, -0.15) is 0 Å². The summed E-state index contributed by atoms with van der Waals surface area (Å²) < 4.78 is 28.5. The normalized spacial score (nSPS) is 21.3. The zero-order chi connectivity index (χ0) is 15.5. The van der Waals surface area contributed by atoms with Crippen LogP contribution in [-0.4, -0.2) is 56.1 Å². The van der Waals surface area contributed by atoms with Gasteiger partial charge in [0.05, 0.1) is 11.5 Å². The molecule has 1 N–H and O–H groups in total. The van der Waals surface area contributed by atoms with Crippen LogP contribution in [0.15, 0.2) is 6.07 Å². The number of rotatable bonds is 5. The van der Waals surface area contributed by atoms with Crippen LogP contribution in [-0.2, 0) is 21.2 Å². The number of aromatic nitrogens is 2. The molecule has 1 aliphatic rings. The maximum Gasteiger partial charge on any atom is 0.158 e. The molecule has 1 aromatic heterocycles. The third-order valence-electron chi connectivity index (χ3n) is 3.35. The fraction of sp³-hybridized carbons (Fsp3) is 0.692. The van der Waals surface area contributed by atoms with Crippen LogP contribution < -0.4 is 10.2 Å². The molecule has 1 fully saturated rings. The third kappa shape index (κ3) is 4.04. The van der Waals surface area contributed by atoms with Gasteiger partial charge in [0.1, 0.15) is 18.2 Å². The van der Waals surface area contributed by atoms with Gasteiger partial charge in [-0.1, -0.05) is 0 Å². The number of ether oxygens (including phenoxy) is 1. The molecule has 0 aromatic carbocycles. The van der Waals surface area contributed by atoms with Crippen LogP contribution in [0.5, 0.6) is 0 Å². The van der Waals surface area contributed by atoms with E-state index >= 15 is 0 Å². The second-order valence-electron chi connectivity index (χ2n) is 5.15. The van der Waals surface area contributed by atoms with Crippen molar-refractivity contribution in [2.45, 2.75) is 26.5 Å². The monoisotopic (exact) mass is 314 g/mol. The van der Waals surface area contributed by atoms with Gasteiger partial charge in [0.25, 0.3) is 0 Å².